The molecule has 0 atom stereocenters. The van der Waals surface area contributed by atoms with Crippen molar-refractivity contribution in [2.75, 3.05) is 13.6 Å². The third-order valence-electron chi connectivity index (χ3n) is 2.08. The highest BCUT2D eigenvalue weighted by atomic mass is 79.9. The molecule has 0 aromatic carbocycles. The lowest BCUT2D eigenvalue weighted by Crippen LogP contribution is -2.08. The molecule has 2 aromatic rings. The van der Waals surface area contributed by atoms with Crippen LogP contribution in [0.2, 0.25) is 0 Å². The first-order valence-electron chi connectivity index (χ1n) is 5.02. The van der Waals surface area contributed by atoms with Gasteiger partial charge in [-0.25, -0.2) is 0 Å². The van der Waals surface area contributed by atoms with Crippen LogP contribution in [0.15, 0.2) is 25.7 Å². The van der Waals surface area contributed by atoms with Crippen molar-refractivity contribution in [3.63, 3.8) is 0 Å². The Morgan fingerprint density at radius 2 is 2.31 bits per heavy atom. The van der Waals surface area contributed by atoms with Gasteiger partial charge in [0.2, 0.25) is 0 Å². The van der Waals surface area contributed by atoms with E-state index in [-0.39, 0.29) is 0 Å². The molecule has 0 unspecified atom stereocenters. The fourth-order valence-electron chi connectivity index (χ4n) is 1.31. The molecule has 2 heterocycles. The molecule has 0 aliphatic carbocycles. The summed E-state index contributed by atoms with van der Waals surface area (Å²) in [6.07, 6.45) is 1.78. The molecule has 0 bridgehead atoms. The number of nitrogens with zero attached hydrogens (tertiary/aromatic N) is 2. The van der Waals surface area contributed by atoms with Crippen LogP contribution in [0.4, 0.5) is 0 Å². The molecular weight excluding hydrogens is 274 g/mol. The van der Waals surface area contributed by atoms with Gasteiger partial charge in [0, 0.05) is 6.42 Å². The second kappa shape index (κ2) is 5.27. The van der Waals surface area contributed by atoms with Gasteiger partial charge in [-0.3, -0.25) is 0 Å². The Morgan fingerprint density at radius 3 is 3.00 bits per heavy atom. The molecule has 16 heavy (non-hydrogen) atoms. The van der Waals surface area contributed by atoms with Crippen molar-refractivity contribution in [2.45, 2.75) is 12.8 Å². The van der Waals surface area contributed by atoms with E-state index in [1.54, 1.807) is 12.1 Å². The predicted octanol–water partition coefficient (Wildman–Crippen LogP) is 2.24. The topological polar surface area (TPSA) is 64.1 Å². The minimum atomic E-state index is 0.421. The van der Waals surface area contributed by atoms with Crippen LogP contribution >= 0.6 is 15.9 Å². The van der Waals surface area contributed by atoms with Crippen LogP contribution in [-0.2, 0) is 6.42 Å². The summed E-state index contributed by atoms with van der Waals surface area (Å²) < 4.78 is 11.1. The molecule has 0 fully saturated rings. The maximum absolute atomic E-state index is 5.32. The minimum Gasteiger partial charge on any atom is -0.444 e. The SMILES string of the molecule is CNCCCc1noc(-c2ccc(Br)o2)n1. The zero-order chi connectivity index (χ0) is 11.4. The van der Waals surface area contributed by atoms with Gasteiger partial charge in [-0.1, -0.05) is 5.16 Å². The van der Waals surface area contributed by atoms with Crippen molar-refractivity contribution in [3.05, 3.63) is 22.6 Å². The fourth-order valence-corrected chi connectivity index (χ4v) is 1.61. The summed E-state index contributed by atoms with van der Waals surface area (Å²) in [4.78, 5) is 4.25. The van der Waals surface area contributed by atoms with Crippen molar-refractivity contribution in [2.24, 2.45) is 0 Å². The quantitative estimate of drug-likeness (QED) is 0.854. The summed E-state index contributed by atoms with van der Waals surface area (Å²) in [5, 5.41) is 6.95. The number of aromatic nitrogens is 2. The summed E-state index contributed by atoms with van der Waals surface area (Å²) in [6, 6.07) is 3.58. The molecule has 0 aliphatic rings. The Kier molecular flexibility index (Phi) is 3.74. The lowest BCUT2D eigenvalue weighted by atomic mass is 10.3. The van der Waals surface area contributed by atoms with Gasteiger partial charge in [-0.15, -0.1) is 0 Å². The van der Waals surface area contributed by atoms with E-state index < -0.39 is 0 Å². The van der Waals surface area contributed by atoms with Gasteiger partial charge in [0.1, 0.15) is 0 Å². The van der Waals surface area contributed by atoms with E-state index in [1.165, 1.54) is 0 Å². The van der Waals surface area contributed by atoms with Crippen LogP contribution in [0, 0.1) is 0 Å². The Morgan fingerprint density at radius 1 is 1.44 bits per heavy atom. The van der Waals surface area contributed by atoms with E-state index in [1.807, 2.05) is 7.05 Å². The van der Waals surface area contributed by atoms with Gasteiger partial charge in [0.05, 0.1) is 0 Å². The normalized spacial score (nSPS) is 10.9. The monoisotopic (exact) mass is 285 g/mol. The Balaban J connectivity index is 2.02. The molecule has 2 aromatic heterocycles. The summed E-state index contributed by atoms with van der Waals surface area (Å²) in [5.74, 6) is 1.71. The van der Waals surface area contributed by atoms with E-state index in [9.17, 15) is 0 Å². The van der Waals surface area contributed by atoms with Crippen LogP contribution in [0.5, 0.6) is 0 Å². The Bertz CT molecular complexity index is 452. The smallest absolute Gasteiger partial charge is 0.293 e. The number of aryl methyl sites for hydroxylation is 1. The standard InChI is InChI=1S/C10H12BrN3O2/c1-12-6-2-3-9-13-10(16-14-9)7-4-5-8(11)15-7/h4-5,12H,2-3,6H2,1H3. The summed E-state index contributed by atoms with van der Waals surface area (Å²) >= 11 is 3.22. The van der Waals surface area contributed by atoms with Crippen LogP contribution in [0.1, 0.15) is 12.2 Å². The highest BCUT2D eigenvalue weighted by Crippen LogP contribution is 2.23. The van der Waals surface area contributed by atoms with Gasteiger partial charge in [-0.2, -0.15) is 4.98 Å². The molecule has 0 radical (unpaired) electrons. The van der Waals surface area contributed by atoms with Crippen LogP contribution in [0.25, 0.3) is 11.7 Å². The highest BCUT2D eigenvalue weighted by Gasteiger charge is 2.11. The molecule has 1 N–H and O–H groups in total. The van der Waals surface area contributed by atoms with Crippen molar-refractivity contribution >= 4 is 15.9 Å². The van der Waals surface area contributed by atoms with Crippen molar-refractivity contribution in [3.8, 4) is 11.7 Å². The summed E-state index contributed by atoms with van der Waals surface area (Å²) in [7, 11) is 1.92. The first kappa shape index (κ1) is 11.3. The number of nitrogens with one attached hydrogen (secondary N) is 1. The third-order valence-corrected chi connectivity index (χ3v) is 2.51. The molecule has 0 amide bonds. The highest BCUT2D eigenvalue weighted by molar-refractivity contribution is 9.10. The van der Waals surface area contributed by atoms with Gasteiger partial charge in [-0.05, 0) is 48.1 Å². The molecule has 0 spiro atoms. The van der Waals surface area contributed by atoms with E-state index in [2.05, 4.69) is 31.4 Å². The van der Waals surface area contributed by atoms with E-state index in [0.717, 1.165) is 19.4 Å². The van der Waals surface area contributed by atoms with Crippen LogP contribution in [-0.4, -0.2) is 23.7 Å². The molecule has 5 nitrogen and oxygen atoms in total. The van der Waals surface area contributed by atoms with Crippen molar-refractivity contribution in [1.29, 1.82) is 0 Å². The number of hydrogen-bond acceptors (Lipinski definition) is 5. The lowest BCUT2D eigenvalue weighted by molar-refractivity contribution is 0.406. The van der Waals surface area contributed by atoms with Crippen molar-refractivity contribution < 1.29 is 8.94 Å². The Hall–Kier alpha value is -1.14. The van der Waals surface area contributed by atoms with Gasteiger partial charge < -0.3 is 14.3 Å². The lowest BCUT2D eigenvalue weighted by Gasteiger charge is -1.93. The average Bonchev–Trinajstić information content (AvgIpc) is 2.87. The number of rotatable bonds is 5. The maximum Gasteiger partial charge on any atom is 0.293 e. The molecule has 6 heteroatoms. The van der Waals surface area contributed by atoms with Crippen LogP contribution < -0.4 is 5.32 Å². The van der Waals surface area contributed by atoms with Crippen molar-refractivity contribution in [1.82, 2.24) is 15.5 Å². The minimum absolute atomic E-state index is 0.421. The zero-order valence-corrected chi connectivity index (χ0v) is 10.5. The first-order valence-corrected chi connectivity index (χ1v) is 5.82. The predicted molar refractivity (Wildman–Crippen MR) is 61.9 cm³/mol. The van der Waals surface area contributed by atoms with Gasteiger partial charge in [0.25, 0.3) is 5.89 Å². The second-order valence-corrected chi connectivity index (χ2v) is 4.11. The number of hydrogen-bond donors (Lipinski definition) is 1. The zero-order valence-electron chi connectivity index (χ0n) is 8.86. The molecule has 2 rings (SSSR count). The third kappa shape index (κ3) is 2.70. The van der Waals surface area contributed by atoms with Gasteiger partial charge >= 0.3 is 0 Å². The molecule has 0 aliphatic heterocycles. The van der Waals surface area contributed by atoms with Gasteiger partial charge in [0.15, 0.2) is 16.3 Å². The molecule has 0 saturated carbocycles. The van der Waals surface area contributed by atoms with Crippen LogP contribution in [0.3, 0.4) is 0 Å². The van der Waals surface area contributed by atoms with E-state index in [0.29, 0.717) is 22.1 Å². The number of furan rings is 1. The van der Waals surface area contributed by atoms with E-state index >= 15 is 0 Å². The largest absolute Gasteiger partial charge is 0.444 e. The fraction of sp³-hybridized carbons (Fsp3) is 0.400. The number of halogens is 1. The molecular formula is C10H12BrN3O2. The molecule has 0 saturated heterocycles. The molecule has 86 valence electrons. The average molecular weight is 286 g/mol. The first-order chi connectivity index (χ1) is 7.79. The van der Waals surface area contributed by atoms with E-state index in [4.69, 9.17) is 8.94 Å². The second-order valence-electron chi connectivity index (χ2n) is 3.33. The maximum atomic E-state index is 5.32. The summed E-state index contributed by atoms with van der Waals surface area (Å²) in [5.41, 5.74) is 0. The summed E-state index contributed by atoms with van der Waals surface area (Å²) in [6.45, 7) is 0.941. The Labute approximate surface area is 101 Å².